The number of aliphatic hydroxyl groups excluding tert-OH is 1. The van der Waals surface area contributed by atoms with Gasteiger partial charge in [-0.25, -0.2) is 0 Å². The Kier molecular flexibility index (Phi) is 6.11. The minimum Gasteiger partial charge on any atom is -0.461 e. The fourth-order valence-corrected chi connectivity index (χ4v) is 10.5. The lowest BCUT2D eigenvalue weighted by Gasteiger charge is -2.68. The van der Waals surface area contributed by atoms with Crippen molar-refractivity contribution in [2.75, 3.05) is 13.2 Å². The van der Waals surface area contributed by atoms with Crippen LogP contribution in [-0.4, -0.2) is 30.6 Å². The summed E-state index contributed by atoms with van der Waals surface area (Å²) in [6.45, 7) is 18.2. The van der Waals surface area contributed by atoms with Gasteiger partial charge < -0.3 is 9.84 Å². The maximum Gasteiger partial charge on any atom is 0.312 e. The van der Waals surface area contributed by atoms with Crippen LogP contribution in [-0.2, 0) is 14.3 Å². The van der Waals surface area contributed by atoms with Gasteiger partial charge in [-0.15, -0.1) is 0 Å². The van der Waals surface area contributed by atoms with Crippen LogP contribution in [0.4, 0.5) is 0 Å². The molecule has 0 heterocycles. The van der Waals surface area contributed by atoms with Crippen LogP contribution in [0.3, 0.4) is 0 Å². The largest absolute Gasteiger partial charge is 0.461 e. The molecule has 4 nitrogen and oxygen atoms in total. The summed E-state index contributed by atoms with van der Waals surface area (Å²) < 4.78 is 5.79. The lowest BCUT2D eigenvalue weighted by atomic mass is 9.35. The molecule has 0 spiro atoms. The number of aldehydes is 1. The number of aliphatic hydroxyl groups is 1. The lowest BCUT2D eigenvalue weighted by Crippen LogP contribution is -2.62. The van der Waals surface area contributed by atoms with Crippen LogP contribution in [0, 0.1) is 50.2 Å². The first-order chi connectivity index (χ1) is 17.3. The quantitative estimate of drug-likeness (QED) is 0.251. The third-order valence-electron chi connectivity index (χ3n) is 12.9. The lowest BCUT2D eigenvalue weighted by molar-refractivity contribution is -0.176. The van der Waals surface area contributed by atoms with Gasteiger partial charge >= 0.3 is 5.97 Å². The molecule has 0 bridgehead atoms. The Balaban J connectivity index is 1.61. The number of carbonyl (C=O) groups is 2. The predicted octanol–water partition coefficient (Wildman–Crippen LogP) is 6.83. The van der Waals surface area contributed by atoms with Crippen molar-refractivity contribution in [2.45, 2.75) is 92.9 Å². The van der Waals surface area contributed by atoms with Crippen LogP contribution in [0.1, 0.15) is 92.9 Å². The molecule has 0 aliphatic heterocycles. The van der Waals surface area contributed by atoms with Gasteiger partial charge in [-0.3, -0.25) is 9.59 Å². The van der Waals surface area contributed by atoms with Crippen molar-refractivity contribution in [1.82, 2.24) is 0 Å². The SMILES string of the molecule is C=CCOC(=O)[C@]12CCC(C)(C)C[C@H]1C1=CC[C@@H]3[C@@]4(C)C(C=O)=C[C@@](C)(CO)[C@@H]4CC[C@@]3(C)[C@]1(C)CC2. The molecule has 0 unspecified atom stereocenters. The maximum absolute atomic E-state index is 13.7. The molecule has 0 saturated heterocycles. The highest BCUT2D eigenvalue weighted by atomic mass is 16.5. The molecular formula is C33H48O4. The van der Waals surface area contributed by atoms with E-state index in [2.05, 4.69) is 60.3 Å². The molecule has 0 amide bonds. The number of ether oxygens (including phenoxy) is 1. The van der Waals surface area contributed by atoms with Gasteiger partial charge in [0.2, 0.25) is 0 Å². The standard InChI is InChI=1S/C33H48O4/c1-8-17-37-27(36)33-15-13-28(2,3)19-24(33)23-9-10-26-31(6,30(23,5)14-16-33)12-11-25-29(4,21-35)18-22(20-34)32(25,26)7/h8-9,18,20,24-26,35H,1,10-17,19,21H2,2-7H3/t24-,25-,26-,29-,30+,31+,32-,33-/m0/s1. The van der Waals surface area contributed by atoms with Crippen LogP contribution < -0.4 is 0 Å². The molecule has 204 valence electrons. The van der Waals surface area contributed by atoms with Crippen LogP contribution >= 0.6 is 0 Å². The zero-order valence-electron chi connectivity index (χ0n) is 24.0. The minimum absolute atomic E-state index is 0.0178. The van der Waals surface area contributed by atoms with Gasteiger partial charge in [0.1, 0.15) is 12.9 Å². The molecule has 37 heavy (non-hydrogen) atoms. The van der Waals surface area contributed by atoms with Gasteiger partial charge in [-0.1, -0.05) is 71.9 Å². The summed E-state index contributed by atoms with van der Waals surface area (Å²) >= 11 is 0. The van der Waals surface area contributed by atoms with E-state index in [1.165, 1.54) is 5.57 Å². The Morgan fingerprint density at radius 2 is 1.78 bits per heavy atom. The molecule has 3 saturated carbocycles. The monoisotopic (exact) mass is 508 g/mol. The molecule has 8 atom stereocenters. The first-order valence-corrected chi connectivity index (χ1v) is 14.6. The third kappa shape index (κ3) is 3.36. The van der Waals surface area contributed by atoms with Crippen LogP contribution in [0.5, 0.6) is 0 Å². The summed E-state index contributed by atoms with van der Waals surface area (Å²) in [5.41, 5.74) is 1.52. The molecule has 5 aliphatic rings. The van der Waals surface area contributed by atoms with Gasteiger partial charge in [0.25, 0.3) is 0 Å². The Labute approximate surface area is 224 Å². The third-order valence-corrected chi connectivity index (χ3v) is 12.9. The summed E-state index contributed by atoms with van der Waals surface area (Å²) in [5, 5.41) is 10.4. The molecule has 0 aromatic rings. The van der Waals surface area contributed by atoms with E-state index in [4.69, 9.17) is 4.74 Å². The van der Waals surface area contributed by atoms with E-state index in [1.807, 2.05) is 0 Å². The number of hydrogen-bond donors (Lipinski definition) is 1. The van der Waals surface area contributed by atoms with E-state index in [9.17, 15) is 14.7 Å². The van der Waals surface area contributed by atoms with E-state index >= 15 is 0 Å². The van der Waals surface area contributed by atoms with Gasteiger partial charge in [-0.2, -0.15) is 0 Å². The van der Waals surface area contributed by atoms with Crippen molar-refractivity contribution in [3.05, 3.63) is 36.0 Å². The van der Waals surface area contributed by atoms with Crippen LogP contribution in [0.15, 0.2) is 36.0 Å². The number of rotatable bonds is 5. The van der Waals surface area contributed by atoms with E-state index in [-0.39, 0.29) is 58.1 Å². The molecule has 0 radical (unpaired) electrons. The predicted molar refractivity (Wildman–Crippen MR) is 147 cm³/mol. The second kappa shape index (κ2) is 8.41. The van der Waals surface area contributed by atoms with Crippen LogP contribution in [0.25, 0.3) is 0 Å². The molecule has 1 N–H and O–H groups in total. The molecular weight excluding hydrogens is 460 g/mol. The van der Waals surface area contributed by atoms with Crippen molar-refractivity contribution in [1.29, 1.82) is 0 Å². The Morgan fingerprint density at radius 3 is 2.43 bits per heavy atom. The van der Waals surface area contributed by atoms with Crippen molar-refractivity contribution in [2.24, 2.45) is 50.2 Å². The highest BCUT2D eigenvalue weighted by Crippen LogP contribution is 2.76. The van der Waals surface area contributed by atoms with Crippen LogP contribution in [0.2, 0.25) is 0 Å². The Hall–Kier alpha value is -1.68. The zero-order chi connectivity index (χ0) is 27.1. The normalized spacial score (nSPS) is 47.8. The molecule has 5 rings (SSSR count). The average molecular weight is 509 g/mol. The second-order valence-corrected chi connectivity index (χ2v) is 14.9. The summed E-state index contributed by atoms with van der Waals surface area (Å²) in [7, 11) is 0. The smallest absolute Gasteiger partial charge is 0.312 e. The summed E-state index contributed by atoms with van der Waals surface area (Å²) in [6.07, 6.45) is 15.2. The van der Waals surface area contributed by atoms with Crippen molar-refractivity contribution in [3.63, 3.8) is 0 Å². The summed E-state index contributed by atoms with van der Waals surface area (Å²) in [4.78, 5) is 26.1. The molecule has 4 heteroatoms. The van der Waals surface area contributed by atoms with E-state index in [0.29, 0.717) is 5.92 Å². The first kappa shape index (κ1) is 26.9. The van der Waals surface area contributed by atoms with E-state index < -0.39 is 5.41 Å². The van der Waals surface area contributed by atoms with Crippen molar-refractivity contribution >= 4 is 12.3 Å². The van der Waals surface area contributed by atoms with E-state index in [0.717, 1.165) is 63.2 Å². The molecule has 5 aliphatic carbocycles. The molecule has 0 aromatic heterocycles. The minimum atomic E-state index is -0.440. The average Bonchev–Trinajstić information content (AvgIpc) is 3.09. The number of hydrogen-bond acceptors (Lipinski definition) is 4. The van der Waals surface area contributed by atoms with Crippen molar-refractivity contribution in [3.8, 4) is 0 Å². The molecule has 3 fully saturated rings. The van der Waals surface area contributed by atoms with Gasteiger partial charge in [0.05, 0.1) is 12.0 Å². The van der Waals surface area contributed by atoms with Crippen molar-refractivity contribution < 1.29 is 19.4 Å². The molecule has 0 aromatic carbocycles. The summed E-state index contributed by atoms with van der Waals surface area (Å²) in [5.74, 6) is 0.767. The Bertz CT molecular complexity index is 1070. The van der Waals surface area contributed by atoms with E-state index in [1.54, 1.807) is 6.08 Å². The highest BCUT2D eigenvalue weighted by Gasteiger charge is 2.70. The van der Waals surface area contributed by atoms with Gasteiger partial charge in [0.15, 0.2) is 0 Å². The maximum atomic E-state index is 13.7. The van der Waals surface area contributed by atoms with Gasteiger partial charge in [0, 0.05) is 10.8 Å². The fourth-order valence-electron chi connectivity index (χ4n) is 10.5. The van der Waals surface area contributed by atoms with Gasteiger partial charge in [-0.05, 0) is 90.9 Å². The Morgan fingerprint density at radius 1 is 1.08 bits per heavy atom. The number of fused-ring (bicyclic) bond motifs is 7. The number of esters is 1. The fraction of sp³-hybridized carbons (Fsp3) is 0.758. The topological polar surface area (TPSA) is 63.6 Å². The number of allylic oxidation sites excluding steroid dienone is 3. The highest BCUT2D eigenvalue weighted by molar-refractivity contribution is 5.79. The number of carbonyl (C=O) groups excluding carboxylic acids is 2. The second-order valence-electron chi connectivity index (χ2n) is 14.9. The first-order valence-electron chi connectivity index (χ1n) is 14.6. The summed E-state index contributed by atoms with van der Waals surface area (Å²) in [6, 6.07) is 0. The zero-order valence-corrected chi connectivity index (χ0v) is 24.0.